The van der Waals surface area contributed by atoms with Gasteiger partial charge in [0.05, 0.1) is 28.2 Å². The Hall–Kier alpha value is -3.93. The van der Waals surface area contributed by atoms with E-state index in [1.165, 1.54) is 5.56 Å². The monoisotopic (exact) mass is 410 g/mol. The molecule has 0 atom stereocenters. The molecule has 1 aliphatic rings. The highest BCUT2D eigenvalue weighted by Gasteiger charge is 2.25. The quantitative estimate of drug-likeness (QED) is 0.521. The maximum Gasteiger partial charge on any atom is 0.336 e. The maximum absolute atomic E-state index is 11.6. The zero-order valence-electron chi connectivity index (χ0n) is 17.6. The summed E-state index contributed by atoms with van der Waals surface area (Å²) in [6.07, 6.45) is 4.02. The second-order valence-corrected chi connectivity index (χ2v) is 7.86. The number of allylic oxidation sites excluding steroid dienone is 1. The van der Waals surface area contributed by atoms with Crippen molar-refractivity contribution in [1.29, 1.82) is 0 Å². The van der Waals surface area contributed by atoms with E-state index in [9.17, 15) is 9.90 Å². The molecule has 0 saturated carbocycles. The van der Waals surface area contributed by atoms with Gasteiger partial charge in [0, 0.05) is 37.8 Å². The lowest BCUT2D eigenvalue weighted by molar-refractivity contribution is 0.0695. The third kappa shape index (κ3) is 2.99. The summed E-state index contributed by atoms with van der Waals surface area (Å²) < 4.78 is 1.91. The lowest BCUT2D eigenvalue weighted by atomic mass is 10.0. The molecule has 4 aromatic rings. The molecule has 2 aromatic heterocycles. The van der Waals surface area contributed by atoms with Crippen LogP contribution in [-0.2, 0) is 13.5 Å². The van der Waals surface area contributed by atoms with Gasteiger partial charge in [0.25, 0.3) is 0 Å². The van der Waals surface area contributed by atoms with Gasteiger partial charge >= 0.3 is 5.97 Å². The molecule has 154 valence electrons. The third-order valence-corrected chi connectivity index (χ3v) is 5.98. The average molecular weight is 410 g/mol. The number of aryl methyl sites for hydroxylation is 2. The van der Waals surface area contributed by atoms with Crippen molar-refractivity contribution in [2.24, 2.45) is 7.05 Å². The number of rotatable bonds is 4. The molecule has 0 fully saturated rings. The Morgan fingerprint density at radius 1 is 1.10 bits per heavy atom. The molecule has 31 heavy (non-hydrogen) atoms. The van der Waals surface area contributed by atoms with Gasteiger partial charge in [0.15, 0.2) is 0 Å². The van der Waals surface area contributed by atoms with Crippen molar-refractivity contribution < 1.29 is 9.90 Å². The smallest absolute Gasteiger partial charge is 0.336 e. The minimum atomic E-state index is -0.929. The second kappa shape index (κ2) is 7.09. The number of aromatic nitrogens is 3. The van der Waals surface area contributed by atoms with E-state index >= 15 is 0 Å². The predicted molar refractivity (Wildman–Crippen MR) is 123 cm³/mol. The first-order chi connectivity index (χ1) is 15.0. The van der Waals surface area contributed by atoms with Crippen LogP contribution in [0.5, 0.6) is 0 Å². The molecular formula is C25H22N4O2. The summed E-state index contributed by atoms with van der Waals surface area (Å²) in [7, 11) is 4.02. The van der Waals surface area contributed by atoms with Crippen molar-refractivity contribution in [2.75, 3.05) is 11.9 Å². The van der Waals surface area contributed by atoms with Crippen LogP contribution in [0, 0.1) is 6.92 Å². The number of carboxylic acid groups (broad SMARTS) is 1. The maximum atomic E-state index is 11.6. The number of carbonyl (C=O) groups is 1. The van der Waals surface area contributed by atoms with Crippen LogP contribution in [0.25, 0.3) is 22.6 Å². The number of aromatic carboxylic acids is 1. The van der Waals surface area contributed by atoms with E-state index in [0.29, 0.717) is 17.7 Å². The topological polar surface area (TPSA) is 71.2 Å². The van der Waals surface area contributed by atoms with Crippen molar-refractivity contribution in [2.45, 2.75) is 13.3 Å². The standard InChI is InChI=1S/C25H22N4O2/c1-15-7-4-5-9-21(15)28(2)22-10-6-8-18-23(27-29(3)24(18)22)16-13-19-17(25(30)31)11-12-26-20(19)14-16/h4-12,14H,13H2,1-3H3,(H,30,31). The zero-order chi connectivity index (χ0) is 21.7. The third-order valence-electron chi connectivity index (χ3n) is 5.98. The SMILES string of the molecule is Cc1ccccc1N(C)c1cccc2c(C3=Cc4nccc(C(=O)O)c4C3)nn(C)c12. The fourth-order valence-electron chi connectivity index (χ4n) is 4.47. The van der Waals surface area contributed by atoms with E-state index in [4.69, 9.17) is 5.10 Å². The number of hydrogen-bond acceptors (Lipinski definition) is 4. The Bertz CT molecular complexity index is 1380. The number of benzene rings is 2. The van der Waals surface area contributed by atoms with Gasteiger partial charge in [0.2, 0.25) is 0 Å². The molecular weight excluding hydrogens is 388 g/mol. The molecule has 6 heteroatoms. The fourth-order valence-corrected chi connectivity index (χ4v) is 4.47. The van der Waals surface area contributed by atoms with Crippen molar-refractivity contribution in [3.05, 3.63) is 82.8 Å². The number of anilines is 2. The molecule has 1 aliphatic carbocycles. The minimum absolute atomic E-state index is 0.302. The largest absolute Gasteiger partial charge is 0.478 e. The Labute approximate surface area is 180 Å². The predicted octanol–water partition coefficient (Wildman–Crippen LogP) is 4.84. The molecule has 0 amide bonds. The summed E-state index contributed by atoms with van der Waals surface area (Å²) in [5.74, 6) is -0.929. The van der Waals surface area contributed by atoms with Crippen LogP contribution >= 0.6 is 0 Å². The summed E-state index contributed by atoms with van der Waals surface area (Å²) in [5.41, 5.74) is 8.05. The van der Waals surface area contributed by atoms with Gasteiger partial charge in [-0.2, -0.15) is 5.10 Å². The zero-order valence-corrected chi connectivity index (χ0v) is 17.6. The Morgan fingerprint density at radius 2 is 1.87 bits per heavy atom. The molecule has 5 rings (SSSR count). The van der Waals surface area contributed by atoms with Crippen molar-refractivity contribution in [3.8, 4) is 0 Å². The highest BCUT2D eigenvalue weighted by molar-refractivity contribution is 6.04. The van der Waals surface area contributed by atoms with Crippen LogP contribution in [0.3, 0.4) is 0 Å². The van der Waals surface area contributed by atoms with Gasteiger partial charge in [-0.15, -0.1) is 0 Å². The average Bonchev–Trinajstić information content (AvgIpc) is 3.34. The highest BCUT2D eigenvalue weighted by atomic mass is 16.4. The summed E-state index contributed by atoms with van der Waals surface area (Å²) in [6.45, 7) is 2.11. The normalized spacial score (nSPS) is 12.7. The van der Waals surface area contributed by atoms with Crippen LogP contribution in [0.1, 0.15) is 32.9 Å². The molecule has 0 bridgehead atoms. The first-order valence-electron chi connectivity index (χ1n) is 10.1. The highest BCUT2D eigenvalue weighted by Crippen LogP contribution is 2.39. The van der Waals surface area contributed by atoms with Crippen LogP contribution in [0.2, 0.25) is 0 Å². The molecule has 6 nitrogen and oxygen atoms in total. The van der Waals surface area contributed by atoms with Crippen LogP contribution < -0.4 is 4.90 Å². The molecule has 0 spiro atoms. The van der Waals surface area contributed by atoms with E-state index in [0.717, 1.165) is 39.1 Å². The Kier molecular flexibility index (Phi) is 4.36. The van der Waals surface area contributed by atoms with E-state index < -0.39 is 5.97 Å². The van der Waals surface area contributed by atoms with Gasteiger partial charge in [-0.05, 0) is 47.9 Å². The second-order valence-electron chi connectivity index (χ2n) is 7.86. The van der Waals surface area contributed by atoms with Crippen LogP contribution in [0.15, 0.2) is 54.7 Å². The van der Waals surface area contributed by atoms with Crippen LogP contribution in [-0.4, -0.2) is 32.9 Å². The number of fused-ring (bicyclic) bond motifs is 2. The van der Waals surface area contributed by atoms with Gasteiger partial charge < -0.3 is 10.0 Å². The molecule has 0 radical (unpaired) electrons. The number of para-hydroxylation sites is 2. The fraction of sp³-hybridized carbons (Fsp3) is 0.160. The molecule has 2 heterocycles. The van der Waals surface area contributed by atoms with E-state index in [2.05, 4.69) is 48.1 Å². The van der Waals surface area contributed by atoms with Gasteiger partial charge in [-0.1, -0.05) is 30.3 Å². The van der Waals surface area contributed by atoms with Crippen molar-refractivity contribution >= 4 is 39.9 Å². The molecule has 0 unspecified atom stereocenters. The number of pyridine rings is 1. The van der Waals surface area contributed by atoms with Gasteiger partial charge in [-0.3, -0.25) is 9.67 Å². The molecule has 0 aliphatic heterocycles. The Morgan fingerprint density at radius 3 is 2.65 bits per heavy atom. The lowest BCUT2D eigenvalue weighted by Gasteiger charge is -2.22. The Balaban J connectivity index is 1.62. The molecule has 2 aromatic carbocycles. The van der Waals surface area contributed by atoms with Gasteiger partial charge in [-0.25, -0.2) is 4.79 Å². The summed E-state index contributed by atoms with van der Waals surface area (Å²) in [4.78, 5) is 18.2. The number of carboxylic acids is 1. The lowest BCUT2D eigenvalue weighted by Crippen LogP contribution is -2.12. The summed E-state index contributed by atoms with van der Waals surface area (Å²) >= 11 is 0. The van der Waals surface area contributed by atoms with E-state index in [1.807, 2.05) is 36.0 Å². The number of hydrogen-bond donors (Lipinski definition) is 1. The summed E-state index contributed by atoms with van der Waals surface area (Å²) in [6, 6.07) is 16.1. The van der Waals surface area contributed by atoms with Crippen molar-refractivity contribution in [3.63, 3.8) is 0 Å². The molecule has 1 N–H and O–H groups in total. The molecule has 0 saturated heterocycles. The van der Waals surface area contributed by atoms with Crippen LogP contribution in [0.4, 0.5) is 11.4 Å². The van der Waals surface area contributed by atoms with Gasteiger partial charge in [0.1, 0.15) is 0 Å². The van der Waals surface area contributed by atoms with E-state index in [-0.39, 0.29) is 0 Å². The first-order valence-corrected chi connectivity index (χ1v) is 10.1. The number of nitrogens with zero attached hydrogens (tertiary/aromatic N) is 4. The first kappa shape index (κ1) is 19.1. The van der Waals surface area contributed by atoms with Crippen molar-refractivity contribution in [1.82, 2.24) is 14.8 Å². The minimum Gasteiger partial charge on any atom is -0.478 e. The van der Waals surface area contributed by atoms with E-state index in [1.54, 1.807) is 12.3 Å². The summed E-state index contributed by atoms with van der Waals surface area (Å²) in [5, 5.41) is 15.4.